The van der Waals surface area contributed by atoms with Crippen LogP contribution in [-0.2, 0) is 6.42 Å². The van der Waals surface area contributed by atoms with Crippen molar-refractivity contribution < 1.29 is 0 Å². The number of anilines is 1. The van der Waals surface area contributed by atoms with Crippen molar-refractivity contribution >= 4 is 51.6 Å². The molecule has 3 nitrogen and oxygen atoms in total. The highest BCUT2D eigenvalue weighted by atomic mass is 127. The van der Waals surface area contributed by atoms with Crippen molar-refractivity contribution in [2.75, 3.05) is 5.73 Å². The van der Waals surface area contributed by atoms with Gasteiger partial charge in [0.2, 0.25) is 0 Å². The van der Waals surface area contributed by atoms with E-state index in [1.165, 1.54) is 0 Å². The lowest BCUT2D eigenvalue weighted by Crippen LogP contribution is -2.05. The first-order valence-corrected chi connectivity index (χ1v) is 7.63. The monoisotopic (exact) mass is 407 g/mol. The lowest BCUT2D eigenvalue weighted by atomic mass is 10.2. The van der Waals surface area contributed by atoms with Gasteiger partial charge < -0.3 is 5.73 Å². The van der Waals surface area contributed by atoms with Crippen LogP contribution in [0, 0.1) is 3.57 Å². The molecule has 2 N–H and O–H groups in total. The molecule has 0 atom stereocenters. The third-order valence-corrected chi connectivity index (χ3v) is 4.52. The van der Waals surface area contributed by atoms with Gasteiger partial charge in [-0.3, -0.25) is 0 Å². The molecule has 0 amide bonds. The molecule has 2 aromatic rings. The smallest absolute Gasteiger partial charge is 0.161 e. The number of hydrogen-bond donors (Lipinski definition) is 1. The maximum Gasteiger partial charge on any atom is 0.161 e. The maximum atomic E-state index is 6.02. The summed E-state index contributed by atoms with van der Waals surface area (Å²) in [6.07, 6.45) is 1.88. The van der Waals surface area contributed by atoms with Crippen molar-refractivity contribution in [1.29, 1.82) is 0 Å². The van der Waals surface area contributed by atoms with Gasteiger partial charge >= 0.3 is 0 Å². The van der Waals surface area contributed by atoms with Crippen molar-refractivity contribution in [2.45, 2.75) is 19.8 Å². The number of aromatic nitrogens is 2. The molecular weight excluding hydrogens is 396 g/mol. The first-order chi connectivity index (χ1) is 9.02. The summed E-state index contributed by atoms with van der Waals surface area (Å²) >= 11 is 14.1. The summed E-state index contributed by atoms with van der Waals surface area (Å²) in [6, 6.07) is 5.32. The second-order valence-corrected chi connectivity index (χ2v) is 5.97. The molecule has 0 unspecified atom stereocenters. The molecule has 0 saturated heterocycles. The number of rotatable bonds is 3. The molecule has 6 heteroatoms. The Hall–Kier alpha value is -0.590. The van der Waals surface area contributed by atoms with Crippen LogP contribution in [0.15, 0.2) is 18.2 Å². The van der Waals surface area contributed by atoms with Crippen LogP contribution in [0.3, 0.4) is 0 Å². The Labute approximate surface area is 135 Å². The average Bonchev–Trinajstić information content (AvgIpc) is 2.38. The molecule has 100 valence electrons. The third-order valence-electron chi connectivity index (χ3n) is 2.61. The first kappa shape index (κ1) is 14.8. The van der Waals surface area contributed by atoms with E-state index in [2.05, 4.69) is 39.5 Å². The van der Waals surface area contributed by atoms with Crippen molar-refractivity contribution in [3.05, 3.63) is 37.5 Å². The van der Waals surface area contributed by atoms with Gasteiger partial charge in [-0.1, -0.05) is 36.5 Å². The molecule has 0 aliphatic rings. The van der Waals surface area contributed by atoms with E-state index >= 15 is 0 Å². The highest BCUT2D eigenvalue weighted by Crippen LogP contribution is 2.28. The van der Waals surface area contributed by atoms with E-state index in [9.17, 15) is 0 Å². The van der Waals surface area contributed by atoms with Crippen molar-refractivity contribution in [1.82, 2.24) is 9.97 Å². The Morgan fingerprint density at radius 1 is 1.21 bits per heavy atom. The van der Waals surface area contributed by atoms with E-state index in [0.29, 0.717) is 21.7 Å². The van der Waals surface area contributed by atoms with Crippen molar-refractivity contribution in [3.63, 3.8) is 0 Å². The van der Waals surface area contributed by atoms with E-state index in [4.69, 9.17) is 28.9 Å². The number of hydrogen-bond acceptors (Lipinski definition) is 3. The summed E-state index contributed by atoms with van der Waals surface area (Å²) in [7, 11) is 0. The Morgan fingerprint density at radius 3 is 2.58 bits per heavy atom. The number of aryl methyl sites for hydroxylation is 1. The molecule has 0 spiro atoms. The van der Waals surface area contributed by atoms with Crippen LogP contribution >= 0.6 is 45.8 Å². The number of nitrogen functional groups attached to an aromatic ring is 1. The Kier molecular flexibility index (Phi) is 4.86. The second kappa shape index (κ2) is 6.24. The molecule has 1 aromatic carbocycles. The fourth-order valence-corrected chi connectivity index (χ4v) is 2.49. The number of nitrogens with zero attached hydrogens (tertiary/aromatic N) is 2. The summed E-state index contributed by atoms with van der Waals surface area (Å²) in [4.78, 5) is 8.88. The van der Waals surface area contributed by atoms with Gasteiger partial charge in [-0.25, -0.2) is 9.97 Å². The van der Waals surface area contributed by atoms with Crippen LogP contribution in [0.25, 0.3) is 11.4 Å². The van der Waals surface area contributed by atoms with Crippen LogP contribution in [0.5, 0.6) is 0 Å². The lowest BCUT2D eigenvalue weighted by Gasteiger charge is -2.09. The Morgan fingerprint density at radius 2 is 1.95 bits per heavy atom. The predicted octanol–water partition coefficient (Wildman–Crippen LogP) is 4.59. The van der Waals surface area contributed by atoms with Gasteiger partial charge in [0, 0.05) is 5.56 Å². The summed E-state index contributed by atoms with van der Waals surface area (Å²) in [5, 5.41) is 0.995. The van der Waals surface area contributed by atoms with Gasteiger partial charge in [-0.2, -0.15) is 0 Å². The fraction of sp³-hybridized carbons (Fsp3) is 0.231. The zero-order valence-corrected chi connectivity index (χ0v) is 13.9. The minimum Gasteiger partial charge on any atom is -0.383 e. The molecular formula is C13H12Cl2IN3. The van der Waals surface area contributed by atoms with Gasteiger partial charge in [-0.05, 0) is 47.2 Å². The molecule has 0 radical (unpaired) electrons. The highest BCUT2D eigenvalue weighted by molar-refractivity contribution is 14.1. The maximum absolute atomic E-state index is 6.02. The number of nitrogens with two attached hydrogens (primary N) is 1. The third kappa shape index (κ3) is 3.30. The quantitative estimate of drug-likeness (QED) is 0.757. The standard InChI is InChI=1S/C13H12Cl2IN3/c1-2-3-10-11(16)12(17)19-13(18-10)7-4-5-8(14)9(15)6-7/h4-6H,2-3H2,1H3,(H2,17,18,19). The fourth-order valence-electron chi connectivity index (χ4n) is 1.68. The summed E-state index contributed by atoms with van der Waals surface area (Å²) in [6.45, 7) is 2.10. The first-order valence-electron chi connectivity index (χ1n) is 5.80. The van der Waals surface area contributed by atoms with Gasteiger partial charge in [0.25, 0.3) is 0 Å². The van der Waals surface area contributed by atoms with Crippen LogP contribution in [0.1, 0.15) is 19.0 Å². The van der Waals surface area contributed by atoms with Crippen LogP contribution in [0.2, 0.25) is 10.0 Å². The molecule has 19 heavy (non-hydrogen) atoms. The molecule has 1 aromatic heterocycles. The summed E-state index contributed by atoms with van der Waals surface area (Å²) in [5.41, 5.74) is 7.72. The molecule has 0 bridgehead atoms. The van der Waals surface area contributed by atoms with E-state index in [0.717, 1.165) is 27.7 Å². The van der Waals surface area contributed by atoms with Crippen molar-refractivity contribution in [3.8, 4) is 11.4 Å². The molecule has 2 rings (SSSR count). The van der Waals surface area contributed by atoms with E-state index in [1.54, 1.807) is 12.1 Å². The van der Waals surface area contributed by atoms with Gasteiger partial charge in [0.15, 0.2) is 5.82 Å². The Bertz CT molecular complexity index is 617. The number of halogens is 3. The predicted molar refractivity (Wildman–Crippen MR) is 88.6 cm³/mol. The van der Waals surface area contributed by atoms with Crippen LogP contribution < -0.4 is 5.73 Å². The highest BCUT2D eigenvalue weighted by Gasteiger charge is 2.11. The van der Waals surface area contributed by atoms with E-state index in [-0.39, 0.29) is 0 Å². The molecule has 1 heterocycles. The van der Waals surface area contributed by atoms with Gasteiger partial charge in [0.05, 0.1) is 19.3 Å². The zero-order valence-electron chi connectivity index (χ0n) is 10.3. The van der Waals surface area contributed by atoms with Crippen LogP contribution in [-0.4, -0.2) is 9.97 Å². The zero-order chi connectivity index (χ0) is 14.0. The van der Waals surface area contributed by atoms with Gasteiger partial charge in [-0.15, -0.1) is 0 Å². The van der Waals surface area contributed by atoms with Crippen molar-refractivity contribution in [2.24, 2.45) is 0 Å². The average molecular weight is 408 g/mol. The lowest BCUT2D eigenvalue weighted by molar-refractivity contribution is 0.869. The van der Waals surface area contributed by atoms with Crippen LogP contribution in [0.4, 0.5) is 5.82 Å². The van der Waals surface area contributed by atoms with E-state index in [1.807, 2.05) is 6.07 Å². The minimum atomic E-state index is 0.483. The molecule has 0 aliphatic heterocycles. The Balaban J connectivity index is 2.52. The molecule has 0 saturated carbocycles. The SMILES string of the molecule is CCCc1nc(-c2ccc(Cl)c(Cl)c2)nc(N)c1I. The second-order valence-electron chi connectivity index (χ2n) is 4.07. The molecule has 0 aliphatic carbocycles. The summed E-state index contributed by atoms with van der Waals surface area (Å²) < 4.78 is 0.920. The van der Waals surface area contributed by atoms with Gasteiger partial charge in [0.1, 0.15) is 5.82 Å². The minimum absolute atomic E-state index is 0.483. The largest absolute Gasteiger partial charge is 0.383 e. The normalized spacial score (nSPS) is 10.7. The topological polar surface area (TPSA) is 51.8 Å². The molecule has 0 fully saturated rings. The van der Waals surface area contributed by atoms with E-state index < -0.39 is 0 Å². The number of benzene rings is 1. The summed E-state index contributed by atoms with van der Waals surface area (Å²) in [5.74, 6) is 1.08.